The Morgan fingerprint density at radius 1 is 0.882 bits per heavy atom. The SMILES string of the molecule is Cc1c(C)c(N2CCOCC2)c(C)c(C)c1N. The van der Waals surface area contributed by atoms with Crippen LogP contribution in [0.25, 0.3) is 0 Å². The van der Waals surface area contributed by atoms with Gasteiger partial charge in [0.25, 0.3) is 0 Å². The molecule has 1 aliphatic rings. The molecule has 1 aliphatic heterocycles. The second kappa shape index (κ2) is 4.57. The van der Waals surface area contributed by atoms with E-state index < -0.39 is 0 Å². The van der Waals surface area contributed by atoms with E-state index in [1.165, 1.54) is 27.9 Å². The predicted molar refractivity (Wildman–Crippen MR) is 72.8 cm³/mol. The van der Waals surface area contributed by atoms with Gasteiger partial charge < -0.3 is 15.4 Å². The molecule has 0 atom stereocenters. The van der Waals surface area contributed by atoms with Crippen molar-refractivity contribution in [2.24, 2.45) is 0 Å². The van der Waals surface area contributed by atoms with E-state index in [9.17, 15) is 0 Å². The van der Waals surface area contributed by atoms with E-state index >= 15 is 0 Å². The number of anilines is 2. The van der Waals surface area contributed by atoms with Gasteiger partial charge >= 0.3 is 0 Å². The highest BCUT2D eigenvalue weighted by molar-refractivity contribution is 5.72. The number of nitrogens with two attached hydrogens (primary N) is 1. The molecule has 17 heavy (non-hydrogen) atoms. The molecule has 94 valence electrons. The van der Waals surface area contributed by atoms with Crippen LogP contribution in [0.3, 0.4) is 0 Å². The minimum atomic E-state index is 0.821. The van der Waals surface area contributed by atoms with E-state index in [0.717, 1.165) is 32.0 Å². The molecule has 0 bridgehead atoms. The number of hydrogen-bond donors (Lipinski definition) is 1. The third kappa shape index (κ3) is 2.00. The summed E-state index contributed by atoms with van der Waals surface area (Å²) in [5.74, 6) is 0. The molecule has 0 amide bonds. The molecule has 2 rings (SSSR count). The van der Waals surface area contributed by atoms with E-state index in [-0.39, 0.29) is 0 Å². The Morgan fingerprint density at radius 2 is 1.35 bits per heavy atom. The van der Waals surface area contributed by atoms with Crippen LogP contribution < -0.4 is 10.6 Å². The van der Waals surface area contributed by atoms with E-state index in [4.69, 9.17) is 10.5 Å². The first-order valence-electron chi connectivity index (χ1n) is 6.22. The standard InChI is InChI=1S/C14H22N2O/c1-9-11(3)14(12(4)10(2)13(9)15)16-5-7-17-8-6-16/h5-8,15H2,1-4H3. The summed E-state index contributed by atoms with van der Waals surface area (Å²) in [4.78, 5) is 2.42. The van der Waals surface area contributed by atoms with Crippen molar-refractivity contribution in [3.8, 4) is 0 Å². The van der Waals surface area contributed by atoms with Gasteiger partial charge in [0, 0.05) is 24.5 Å². The fraction of sp³-hybridized carbons (Fsp3) is 0.571. The second-order valence-corrected chi connectivity index (χ2v) is 4.86. The third-order valence-electron chi connectivity index (χ3n) is 3.97. The van der Waals surface area contributed by atoms with Gasteiger partial charge in [0.2, 0.25) is 0 Å². The molecule has 0 radical (unpaired) electrons. The number of hydrogen-bond acceptors (Lipinski definition) is 3. The molecule has 3 heteroatoms. The monoisotopic (exact) mass is 234 g/mol. The van der Waals surface area contributed by atoms with Crippen LogP contribution in [0.5, 0.6) is 0 Å². The highest BCUT2D eigenvalue weighted by Crippen LogP contribution is 2.34. The van der Waals surface area contributed by atoms with Crippen molar-refractivity contribution in [1.82, 2.24) is 0 Å². The summed E-state index contributed by atoms with van der Waals surface area (Å²) in [6.45, 7) is 12.2. The summed E-state index contributed by atoms with van der Waals surface area (Å²) in [5.41, 5.74) is 13.5. The van der Waals surface area contributed by atoms with Crippen LogP contribution in [0.15, 0.2) is 0 Å². The molecule has 0 unspecified atom stereocenters. The summed E-state index contributed by atoms with van der Waals surface area (Å²) >= 11 is 0. The highest BCUT2D eigenvalue weighted by atomic mass is 16.5. The highest BCUT2D eigenvalue weighted by Gasteiger charge is 2.19. The zero-order valence-corrected chi connectivity index (χ0v) is 11.3. The molecular formula is C14H22N2O. The van der Waals surface area contributed by atoms with E-state index in [2.05, 4.69) is 32.6 Å². The quantitative estimate of drug-likeness (QED) is 0.758. The molecule has 2 N–H and O–H groups in total. The zero-order valence-electron chi connectivity index (χ0n) is 11.3. The Balaban J connectivity index is 2.52. The van der Waals surface area contributed by atoms with Crippen molar-refractivity contribution in [2.45, 2.75) is 27.7 Å². The number of ether oxygens (including phenoxy) is 1. The Labute approximate surface area is 104 Å². The van der Waals surface area contributed by atoms with Gasteiger partial charge in [-0.2, -0.15) is 0 Å². The minimum Gasteiger partial charge on any atom is -0.398 e. The van der Waals surface area contributed by atoms with Gasteiger partial charge in [0.1, 0.15) is 0 Å². The number of morpholine rings is 1. The van der Waals surface area contributed by atoms with Crippen molar-refractivity contribution in [1.29, 1.82) is 0 Å². The topological polar surface area (TPSA) is 38.5 Å². The lowest BCUT2D eigenvalue weighted by atomic mass is 9.95. The fourth-order valence-corrected chi connectivity index (χ4v) is 2.58. The fourth-order valence-electron chi connectivity index (χ4n) is 2.58. The first-order chi connectivity index (χ1) is 8.04. The number of nitrogen functional groups attached to an aromatic ring is 1. The van der Waals surface area contributed by atoms with Crippen LogP contribution in [-0.4, -0.2) is 26.3 Å². The van der Waals surface area contributed by atoms with Crippen LogP contribution in [0.1, 0.15) is 22.3 Å². The molecular weight excluding hydrogens is 212 g/mol. The lowest BCUT2D eigenvalue weighted by molar-refractivity contribution is 0.122. The first kappa shape index (κ1) is 12.2. The Morgan fingerprint density at radius 3 is 1.82 bits per heavy atom. The maximum Gasteiger partial charge on any atom is 0.0642 e. The van der Waals surface area contributed by atoms with Crippen molar-refractivity contribution in [3.63, 3.8) is 0 Å². The van der Waals surface area contributed by atoms with Gasteiger partial charge in [-0.3, -0.25) is 0 Å². The van der Waals surface area contributed by atoms with E-state index in [0.29, 0.717) is 0 Å². The smallest absolute Gasteiger partial charge is 0.0642 e. The lowest BCUT2D eigenvalue weighted by Gasteiger charge is -2.33. The number of rotatable bonds is 1. The normalized spacial score (nSPS) is 16.4. The van der Waals surface area contributed by atoms with Gasteiger partial charge in [-0.05, 0) is 49.9 Å². The molecule has 0 aliphatic carbocycles. The summed E-state index contributed by atoms with van der Waals surface area (Å²) in [6.07, 6.45) is 0. The molecule has 0 spiro atoms. The molecule has 1 heterocycles. The van der Waals surface area contributed by atoms with Gasteiger partial charge in [-0.15, -0.1) is 0 Å². The Hall–Kier alpha value is -1.22. The van der Waals surface area contributed by atoms with Gasteiger partial charge in [0.05, 0.1) is 13.2 Å². The average Bonchev–Trinajstić information content (AvgIpc) is 2.36. The summed E-state index contributed by atoms with van der Waals surface area (Å²) in [5, 5.41) is 0. The molecule has 1 aromatic carbocycles. The molecule has 1 fully saturated rings. The molecule has 0 aromatic heterocycles. The van der Waals surface area contributed by atoms with Crippen LogP contribution in [0.4, 0.5) is 11.4 Å². The Bertz CT molecular complexity index is 405. The predicted octanol–water partition coefficient (Wildman–Crippen LogP) is 2.34. The van der Waals surface area contributed by atoms with Gasteiger partial charge in [0.15, 0.2) is 0 Å². The molecule has 3 nitrogen and oxygen atoms in total. The zero-order chi connectivity index (χ0) is 12.6. The number of benzene rings is 1. The van der Waals surface area contributed by atoms with Crippen LogP contribution >= 0.6 is 0 Å². The first-order valence-corrected chi connectivity index (χ1v) is 6.22. The maximum atomic E-state index is 6.14. The summed E-state index contributed by atoms with van der Waals surface area (Å²) < 4.78 is 5.42. The molecule has 1 saturated heterocycles. The maximum absolute atomic E-state index is 6.14. The Kier molecular flexibility index (Phi) is 3.29. The van der Waals surface area contributed by atoms with Crippen LogP contribution in [0.2, 0.25) is 0 Å². The summed E-state index contributed by atoms with van der Waals surface area (Å²) in [7, 11) is 0. The van der Waals surface area contributed by atoms with Crippen LogP contribution in [-0.2, 0) is 4.74 Å². The molecule has 1 aromatic rings. The van der Waals surface area contributed by atoms with Crippen molar-refractivity contribution < 1.29 is 4.74 Å². The van der Waals surface area contributed by atoms with Crippen LogP contribution in [0, 0.1) is 27.7 Å². The van der Waals surface area contributed by atoms with Crippen molar-refractivity contribution >= 4 is 11.4 Å². The second-order valence-electron chi connectivity index (χ2n) is 4.86. The lowest BCUT2D eigenvalue weighted by Crippen LogP contribution is -2.37. The van der Waals surface area contributed by atoms with Gasteiger partial charge in [-0.1, -0.05) is 0 Å². The largest absolute Gasteiger partial charge is 0.398 e. The van der Waals surface area contributed by atoms with Crippen molar-refractivity contribution in [2.75, 3.05) is 36.9 Å². The van der Waals surface area contributed by atoms with Crippen molar-refractivity contribution in [3.05, 3.63) is 22.3 Å². The van der Waals surface area contributed by atoms with E-state index in [1.807, 2.05) is 0 Å². The average molecular weight is 234 g/mol. The molecule has 0 saturated carbocycles. The minimum absolute atomic E-state index is 0.821. The number of nitrogens with zero attached hydrogens (tertiary/aromatic N) is 1. The summed E-state index contributed by atoms with van der Waals surface area (Å²) in [6, 6.07) is 0. The van der Waals surface area contributed by atoms with Gasteiger partial charge in [-0.25, -0.2) is 0 Å². The van der Waals surface area contributed by atoms with E-state index in [1.54, 1.807) is 0 Å². The third-order valence-corrected chi connectivity index (χ3v) is 3.97.